The smallest absolute Gasteiger partial charge is 0.242 e. The van der Waals surface area contributed by atoms with Gasteiger partial charge in [0.1, 0.15) is 11.4 Å². The third kappa shape index (κ3) is 3.49. The van der Waals surface area contributed by atoms with Crippen LogP contribution in [0.2, 0.25) is 0 Å². The van der Waals surface area contributed by atoms with E-state index in [0.717, 1.165) is 18.5 Å². The molecule has 1 heterocycles. The number of benzene rings is 1. The van der Waals surface area contributed by atoms with Gasteiger partial charge in [0.25, 0.3) is 0 Å². The number of rotatable bonds is 5. The SMILES string of the molecule is CCCCN(C)S(=O)(=O)c1ccc2c(c1)NCC(C)(C)O2. The zero-order valence-corrected chi connectivity index (χ0v) is 14.0. The Balaban J connectivity index is 2.26. The molecule has 0 spiro atoms. The Kier molecular flexibility index (Phi) is 4.49. The van der Waals surface area contributed by atoms with Crippen LogP contribution in [0.1, 0.15) is 33.6 Å². The Hall–Kier alpha value is -1.27. The van der Waals surface area contributed by atoms with Gasteiger partial charge in [-0.05, 0) is 38.5 Å². The second-order valence-electron chi connectivity index (χ2n) is 6.05. The van der Waals surface area contributed by atoms with E-state index < -0.39 is 10.0 Å². The Morgan fingerprint density at radius 3 is 2.76 bits per heavy atom. The second-order valence-corrected chi connectivity index (χ2v) is 8.10. The molecule has 1 N–H and O–H groups in total. The van der Waals surface area contributed by atoms with E-state index in [2.05, 4.69) is 5.32 Å². The molecule has 5 nitrogen and oxygen atoms in total. The molecule has 0 atom stereocenters. The molecule has 0 unspecified atom stereocenters. The first-order valence-corrected chi connectivity index (χ1v) is 8.73. The summed E-state index contributed by atoms with van der Waals surface area (Å²) in [4.78, 5) is 0.302. The molecule has 0 saturated carbocycles. The Bertz CT molecular complexity index is 611. The summed E-state index contributed by atoms with van der Waals surface area (Å²) in [6, 6.07) is 4.99. The fourth-order valence-corrected chi connectivity index (χ4v) is 3.46. The van der Waals surface area contributed by atoms with Crippen molar-refractivity contribution >= 4 is 15.7 Å². The van der Waals surface area contributed by atoms with E-state index in [4.69, 9.17) is 4.74 Å². The average molecular weight is 312 g/mol. The van der Waals surface area contributed by atoms with Crippen molar-refractivity contribution in [1.29, 1.82) is 0 Å². The van der Waals surface area contributed by atoms with E-state index in [1.54, 1.807) is 25.2 Å². The van der Waals surface area contributed by atoms with Crippen LogP contribution < -0.4 is 10.1 Å². The highest BCUT2D eigenvalue weighted by atomic mass is 32.2. The van der Waals surface area contributed by atoms with Gasteiger partial charge in [0.05, 0.1) is 17.1 Å². The fraction of sp³-hybridized carbons (Fsp3) is 0.600. The number of nitrogens with zero attached hydrogens (tertiary/aromatic N) is 1. The quantitative estimate of drug-likeness (QED) is 0.908. The van der Waals surface area contributed by atoms with Crippen LogP contribution in [0.15, 0.2) is 23.1 Å². The van der Waals surface area contributed by atoms with Crippen LogP contribution in [0.5, 0.6) is 5.75 Å². The zero-order valence-electron chi connectivity index (χ0n) is 13.1. The zero-order chi connectivity index (χ0) is 15.7. The second kappa shape index (κ2) is 5.85. The Morgan fingerprint density at radius 1 is 1.38 bits per heavy atom. The lowest BCUT2D eigenvalue weighted by molar-refractivity contribution is 0.116. The first-order chi connectivity index (χ1) is 9.76. The minimum absolute atomic E-state index is 0.286. The number of nitrogens with one attached hydrogen (secondary N) is 1. The number of fused-ring (bicyclic) bond motifs is 1. The number of anilines is 1. The topological polar surface area (TPSA) is 58.6 Å². The van der Waals surface area contributed by atoms with Gasteiger partial charge in [-0.25, -0.2) is 12.7 Å². The number of sulfonamides is 1. The van der Waals surface area contributed by atoms with E-state index in [0.29, 0.717) is 23.7 Å². The van der Waals surface area contributed by atoms with Gasteiger partial charge in [0.15, 0.2) is 0 Å². The van der Waals surface area contributed by atoms with Crippen molar-refractivity contribution in [2.75, 3.05) is 25.5 Å². The summed E-state index contributed by atoms with van der Waals surface area (Å²) < 4.78 is 32.3. The predicted octanol–water partition coefficient (Wildman–Crippen LogP) is 2.69. The van der Waals surface area contributed by atoms with Crippen LogP contribution in [0.3, 0.4) is 0 Å². The molecule has 6 heteroatoms. The molecule has 2 rings (SSSR count). The molecule has 0 bridgehead atoms. The molecular formula is C15H24N2O3S. The first-order valence-electron chi connectivity index (χ1n) is 7.29. The van der Waals surface area contributed by atoms with Gasteiger partial charge < -0.3 is 10.1 Å². The molecule has 1 aromatic carbocycles. The summed E-state index contributed by atoms with van der Waals surface area (Å²) >= 11 is 0. The predicted molar refractivity (Wildman–Crippen MR) is 84.4 cm³/mol. The minimum Gasteiger partial charge on any atom is -0.484 e. The molecule has 0 saturated heterocycles. The van der Waals surface area contributed by atoms with E-state index in [9.17, 15) is 8.42 Å². The minimum atomic E-state index is -3.44. The standard InChI is InChI=1S/C15H24N2O3S/c1-5-6-9-17(4)21(18,19)12-7-8-14-13(10-12)16-11-15(2,3)20-14/h7-8,10,16H,5-6,9,11H2,1-4H3. The number of hydrogen-bond donors (Lipinski definition) is 1. The van der Waals surface area contributed by atoms with Crippen LogP contribution in [-0.4, -0.2) is 38.5 Å². The van der Waals surface area contributed by atoms with Crippen LogP contribution in [-0.2, 0) is 10.0 Å². The van der Waals surface area contributed by atoms with Crippen molar-refractivity contribution in [1.82, 2.24) is 4.31 Å². The molecular weight excluding hydrogens is 288 g/mol. The molecule has 0 radical (unpaired) electrons. The van der Waals surface area contributed by atoms with Crippen molar-refractivity contribution in [3.05, 3.63) is 18.2 Å². The molecule has 0 fully saturated rings. The molecule has 1 aliphatic heterocycles. The maximum atomic E-state index is 12.5. The van der Waals surface area contributed by atoms with Gasteiger partial charge in [-0.1, -0.05) is 13.3 Å². The van der Waals surface area contributed by atoms with Gasteiger partial charge in [-0.3, -0.25) is 0 Å². The highest BCUT2D eigenvalue weighted by molar-refractivity contribution is 7.89. The third-order valence-electron chi connectivity index (χ3n) is 3.58. The number of hydrogen-bond acceptors (Lipinski definition) is 4. The fourth-order valence-electron chi connectivity index (χ4n) is 2.22. The van der Waals surface area contributed by atoms with E-state index >= 15 is 0 Å². The van der Waals surface area contributed by atoms with E-state index in [1.165, 1.54) is 4.31 Å². The third-order valence-corrected chi connectivity index (χ3v) is 5.43. The highest BCUT2D eigenvalue weighted by Gasteiger charge is 2.28. The number of ether oxygens (including phenoxy) is 1. The summed E-state index contributed by atoms with van der Waals surface area (Å²) in [6.07, 6.45) is 1.82. The van der Waals surface area contributed by atoms with Crippen LogP contribution in [0, 0.1) is 0 Å². The van der Waals surface area contributed by atoms with Gasteiger partial charge in [0.2, 0.25) is 10.0 Å². The maximum absolute atomic E-state index is 12.5. The molecule has 0 aromatic heterocycles. The molecule has 1 aliphatic rings. The van der Waals surface area contributed by atoms with Gasteiger partial charge in [-0.2, -0.15) is 0 Å². The molecule has 1 aromatic rings. The Labute approximate surface area is 127 Å². The van der Waals surface area contributed by atoms with Gasteiger partial charge >= 0.3 is 0 Å². The first kappa shape index (κ1) is 16.1. The summed E-state index contributed by atoms with van der Waals surface area (Å²) in [7, 11) is -1.81. The Morgan fingerprint density at radius 2 is 2.10 bits per heavy atom. The monoisotopic (exact) mass is 312 g/mol. The summed E-state index contributed by atoms with van der Waals surface area (Å²) in [5.74, 6) is 0.696. The van der Waals surface area contributed by atoms with Crippen LogP contribution in [0.4, 0.5) is 5.69 Å². The van der Waals surface area contributed by atoms with Crippen molar-refractivity contribution < 1.29 is 13.2 Å². The van der Waals surface area contributed by atoms with Crippen molar-refractivity contribution in [3.63, 3.8) is 0 Å². The summed E-state index contributed by atoms with van der Waals surface area (Å²) in [5, 5.41) is 3.24. The van der Waals surface area contributed by atoms with Crippen LogP contribution >= 0.6 is 0 Å². The lowest BCUT2D eigenvalue weighted by Crippen LogP contribution is -2.40. The van der Waals surface area contributed by atoms with Crippen molar-refractivity contribution in [2.24, 2.45) is 0 Å². The highest BCUT2D eigenvalue weighted by Crippen LogP contribution is 2.34. The summed E-state index contributed by atoms with van der Waals surface area (Å²) in [5.41, 5.74) is 0.449. The van der Waals surface area contributed by atoms with E-state index in [-0.39, 0.29) is 5.60 Å². The molecule has 0 amide bonds. The summed E-state index contributed by atoms with van der Waals surface area (Å²) in [6.45, 7) is 7.21. The molecule has 0 aliphatic carbocycles. The lowest BCUT2D eigenvalue weighted by Gasteiger charge is -2.33. The van der Waals surface area contributed by atoms with Gasteiger partial charge in [0, 0.05) is 13.6 Å². The lowest BCUT2D eigenvalue weighted by atomic mass is 10.1. The van der Waals surface area contributed by atoms with Crippen molar-refractivity contribution in [2.45, 2.75) is 44.1 Å². The largest absolute Gasteiger partial charge is 0.484 e. The average Bonchev–Trinajstić information content (AvgIpc) is 2.43. The van der Waals surface area contributed by atoms with E-state index in [1.807, 2.05) is 20.8 Å². The molecule has 118 valence electrons. The number of unbranched alkanes of at least 4 members (excludes halogenated alkanes) is 1. The van der Waals surface area contributed by atoms with Crippen LogP contribution in [0.25, 0.3) is 0 Å². The van der Waals surface area contributed by atoms with Crippen molar-refractivity contribution in [3.8, 4) is 5.75 Å². The maximum Gasteiger partial charge on any atom is 0.242 e. The van der Waals surface area contributed by atoms with Gasteiger partial charge in [-0.15, -0.1) is 0 Å². The molecule has 21 heavy (non-hydrogen) atoms. The normalized spacial score (nSPS) is 17.0.